The van der Waals surface area contributed by atoms with Crippen molar-refractivity contribution < 1.29 is 4.42 Å². The van der Waals surface area contributed by atoms with E-state index in [2.05, 4.69) is 52.9 Å². The Hall–Kier alpha value is -1.50. The summed E-state index contributed by atoms with van der Waals surface area (Å²) in [6, 6.07) is 14.8. The zero-order valence-corrected chi connectivity index (χ0v) is 16.8. The van der Waals surface area contributed by atoms with Crippen molar-refractivity contribution in [1.82, 2.24) is 10.6 Å². The van der Waals surface area contributed by atoms with E-state index in [0.29, 0.717) is 11.8 Å². The Morgan fingerprint density at radius 3 is 2.62 bits per heavy atom. The second-order valence-corrected chi connectivity index (χ2v) is 6.28. The molecule has 2 aromatic rings. The average Bonchev–Trinajstić information content (AvgIpc) is 3.23. The summed E-state index contributed by atoms with van der Waals surface area (Å²) in [5.74, 6) is 4.06. The zero-order chi connectivity index (χ0) is 16.2. The number of hydrogen-bond donors (Lipinski definition) is 2. The topological polar surface area (TPSA) is 49.6 Å². The highest BCUT2D eigenvalue weighted by Crippen LogP contribution is 2.46. The first-order valence-corrected chi connectivity index (χ1v) is 8.26. The van der Waals surface area contributed by atoms with Crippen LogP contribution in [0.25, 0.3) is 0 Å². The highest BCUT2D eigenvalue weighted by atomic mass is 127. The van der Waals surface area contributed by atoms with Gasteiger partial charge < -0.3 is 15.1 Å². The molecule has 1 aliphatic rings. The van der Waals surface area contributed by atoms with Gasteiger partial charge in [-0.1, -0.05) is 30.3 Å². The van der Waals surface area contributed by atoms with Crippen molar-refractivity contribution in [3.63, 3.8) is 0 Å². The molecule has 1 aromatic heterocycles. The van der Waals surface area contributed by atoms with Gasteiger partial charge in [-0.15, -0.1) is 24.0 Å². The lowest BCUT2D eigenvalue weighted by Gasteiger charge is -2.16. The molecule has 1 aromatic carbocycles. The number of nitrogens with zero attached hydrogens (tertiary/aromatic N) is 1. The molecule has 1 saturated carbocycles. The van der Waals surface area contributed by atoms with Crippen LogP contribution >= 0.6 is 24.0 Å². The first-order valence-electron chi connectivity index (χ1n) is 8.26. The van der Waals surface area contributed by atoms with Crippen LogP contribution in [-0.4, -0.2) is 19.6 Å². The molecule has 3 unspecified atom stereocenters. The van der Waals surface area contributed by atoms with Crippen molar-refractivity contribution in [1.29, 1.82) is 0 Å². The van der Waals surface area contributed by atoms with Gasteiger partial charge in [-0.2, -0.15) is 0 Å². The number of halogens is 1. The van der Waals surface area contributed by atoms with E-state index < -0.39 is 0 Å². The zero-order valence-electron chi connectivity index (χ0n) is 14.5. The molecule has 4 nitrogen and oxygen atoms in total. The minimum atomic E-state index is 0. The molecule has 0 saturated heterocycles. The number of hydrogen-bond acceptors (Lipinski definition) is 2. The normalized spacial score (nSPS) is 20.9. The van der Waals surface area contributed by atoms with Crippen molar-refractivity contribution in [2.75, 3.05) is 13.6 Å². The molecular weight excluding hydrogens is 413 g/mol. The standard InChI is InChI=1S/C19H25N3O.HI/c1-13-9-10-18(23-13)14(2)22-19(20-3)21-12-16-11-17(16)15-7-5-4-6-8-15;/h4-10,14,16-17H,11-12H2,1-3H3,(H2,20,21,22);1H. The maximum atomic E-state index is 5.66. The summed E-state index contributed by atoms with van der Waals surface area (Å²) in [5, 5.41) is 6.81. The fourth-order valence-electron chi connectivity index (χ4n) is 2.97. The van der Waals surface area contributed by atoms with Crippen LogP contribution in [0.15, 0.2) is 51.9 Å². The minimum absolute atomic E-state index is 0. The van der Waals surface area contributed by atoms with E-state index >= 15 is 0 Å². The molecule has 1 heterocycles. The second-order valence-electron chi connectivity index (χ2n) is 6.28. The largest absolute Gasteiger partial charge is 0.464 e. The van der Waals surface area contributed by atoms with Crippen LogP contribution in [0.4, 0.5) is 0 Å². The first kappa shape index (κ1) is 18.8. The molecule has 0 bridgehead atoms. The number of aliphatic imine (C=N–C) groups is 1. The van der Waals surface area contributed by atoms with Gasteiger partial charge in [0.1, 0.15) is 11.5 Å². The Morgan fingerprint density at radius 1 is 1.25 bits per heavy atom. The van der Waals surface area contributed by atoms with E-state index in [0.717, 1.165) is 24.0 Å². The van der Waals surface area contributed by atoms with Gasteiger partial charge in [0.15, 0.2) is 5.96 Å². The summed E-state index contributed by atoms with van der Waals surface area (Å²) in [6.07, 6.45) is 1.25. The Balaban J connectivity index is 0.00000208. The number of guanidine groups is 1. The average molecular weight is 439 g/mol. The van der Waals surface area contributed by atoms with Crippen LogP contribution in [-0.2, 0) is 0 Å². The number of rotatable bonds is 5. The highest BCUT2D eigenvalue weighted by Gasteiger charge is 2.37. The molecule has 3 rings (SSSR count). The van der Waals surface area contributed by atoms with Crippen LogP contribution in [0.3, 0.4) is 0 Å². The molecule has 0 radical (unpaired) electrons. The fraction of sp³-hybridized carbons (Fsp3) is 0.421. The predicted octanol–water partition coefficient (Wildman–Crippen LogP) is 4.24. The SMILES string of the molecule is CN=C(NCC1CC1c1ccccc1)NC(C)c1ccc(C)o1.I. The summed E-state index contributed by atoms with van der Waals surface area (Å²) in [4.78, 5) is 4.31. The van der Waals surface area contributed by atoms with E-state index in [1.165, 1.54) is 12.0 Å². The third-order valence-corrected chi connectivity index (χ3v) is 4.45. The van der Waals surface area contributed by atoms with Crippen molar-refractivity contribution >= 4 is 29.9 Å². The highest BCUT2D eigenvalue weighted by molar-refractivity contribution is 14.0. The quantitative estimate of drug-likeness (QED) is 0.417. The third-order valence-electron chi connectivity index (χ3n) is 4.45. The van der Waals surface area contributed by atoms with Crippen LogP contribution in [0.1, 0.15) is 42.4 Å². The van der Waals surface area contributed by atoms with Crippen LogP contribution in [0, 0.1) is 12.8 Å². The molecule has 0 amide bonds. The van der Waals surface area contributed by atoms with Crippen LogP contribution in [0.2, 0.25) is 0 Å². The molecule has 1 fully saturated rings. The van der Waals surface area contributed by atoms with E-state index in [1.807, 2.05) is 19.1 Å². The predicted molar refractivity (Wildman–Crippen MR) is 109 cm³/mol. The number of nitrogens with one attached hydrogen (secondary N) is 2. The van der Waals surface area contributed by atoms with Crippen LogP contribution < -0.4 is 10.6 Å². The van der Waals surface area contributed by atoms with E-state index in [1.54, 1.807) is 7.05 Å². The monoisotopic (exact) mass is 439 g/mol. The fourth-order valence-corrected chi connectivity index (χ4v) is 2.97. The van der Waals surface area contributed by atoms with Gasteiger partial charge in [0.25, 0.3) is 0 Å². The van der Waals surface area contributed by atoms with Gasteiger partial charge in [-0.25, -0.2) is 0 Å². The van der Waals surface area contributed by atoms with Crippen molar-refractivity contribution in [2.24, 2.45) is 10.9 Å². The molecule has 130 valence electrons. The van der Waals surface area contributed by atoms with Crippen molar-refractivity contribution in [2.45, 2.75) is 32.2 Å². The van der Waals surface area contributed by atoms with E-state index in [4.69, 9.17) is 4.42 Å². The molecule has 3 atom stereocenters. The molecule has 2 N–H and O–H groups in total. The summed E-state index contributed by atoms with van der Waals surface area (Å²) < 4.78 is 5.66. The second kappa shape index (κ2) is 8.55. The number of furan rings is 1. The summed E-state index contributed by atoms with van der Waals surface area (Å²) >= 11 is 0. The maximum absolute atomic E-state index is 5.66. The minimum Gasteiger partial charge on any atom is -0.464 e. The Labute approximate surface area is 161 Å². The van der Waals surface area contributed by atoms with Crippen molar-refractivity contribution in [3.05, 3.63) is 59.5 Å². The van der Waals surface area contributed by atoms with Gasteiger partial charge in [-0.3, -0.25) is 4.99 Å². The molecule has 0 aliphatic heterocycles. The smallest absolute Gasteiger partial charge is 0.191 e. The number of benzene rings is 1. The van der Waals surface area contributed by atoms with Gasteiger partial charge in [0, 0.05) is 13.6 Å². The Morgan fingerprint density at radius 2 is 2.00 bits per heavy atom. The van der Waals surface area contributed by atoms with Gasteiger partial charge >= 0.3 is 0 Å². The van der Waals surface area contributed by atoms with E-state index in [-0.39, 0.29) is 30.0 Å². The summed E-state index contributed by atoms with van der Waals surface area (Å²) in [6.45, 7) is 4.98. The third kappa shape index (κ3) is 4.75. The first-order chi connectivity index (χ1) is 11.2. The summed E-state index contributed by atoms with van der Waals surface area (Å²) in [5.41, 5.74) is 1.45. The lowest BCUT2D eigenvalue weighted by atomic mass is 10.1. The van der Waals surface area contributed by atoms with E-state index in [9.17, 15) is 0 Å². The molecule has 1 aliphatic carbocycles. The molecular formula is C19H26IN3O. The molecule has 0 spiro atoms. The van der Waals surface area contributed by atoms with Gasteiger partial charge in [0.2, 0.25) is 0 Å². The van der Waals surface area contributed by atoms with Gasteiger partial charge in [0.05, 0.1) is 6.04 Å². The number of aryl methyl sites for hydroxylation is 1. The lowest BCUT2D eigenvalue weighted by molar-refractivity contribution is 0.441. The summed E-state index contributed by atoms with van der Waals surface area (Å²) in [7, 11) is 1.80. The Kier molecular flexibility index (Phi) is 6.71. The Bertz CT molecular complexity index is 668. The molecule has 5 heteroatoms. The molecule has 24 heavy (non-hydrogen) atoms. The van der Waals surface area contributed by atoms with Crippen molar-refractivity contribution in [3.8, 4) is 0 Å². The lowest BCUT2D eigenvalue weighted by Crippen LogP contribution is -2.39. The van der Waals surface area contributed by atoms with Gasteiger partial charge in [-0.05, 0) is 49.8 Å². The maximum Gasteiger partial charge on any atom is 0.191 e. The van der Waals surface area contributed by atoms with Crippen LogP contribution in [0.5, 0.6) is 0 Å².